The predicted molar refractivity (Wildman–Crippen MR) is 126 cm³/mol. The fourth-order valence-electron chi connectivity index (χ4n) is 4.28. The lowest BCUT2D eigenvalue weighted by molar-refractivity contribution is 0.122. The van der Waals surface area contributed by atoms with Crippen LogP contribution in [-0.2, 0) is 9.47 Å². The number of benzene rings is 1. The molecule has 174 valence electrons. The first-order valence-corrected chi connectivity index (χ1v) is 11.4. The van der Waals surface area contributed by atoms with Crippen molar-refractivity contribution in [3.63, 3.8) is 0 Å². The first-order valence-electron chi connectivity index (χ1n) is 11.4. The number of nitrogens with zero attached hydrogens (tertiary/aromatic N) is 7. The van der Waals surface area contributed by atoms with Crippen LogP contribution in [0.4, 0.5) is 15.9 Å². The second-order valence-corrected chi connectivity index (χ2v) is 8.26. The highest BCUT2D eigenvalue weighted by atomic mass is 19.1. The van der Waals surface area contributed by atoms with Crippen molar-refractivity contribution in [1.29, 1.82) is 0 Å². The summed E-state index contributed by atoms with van der Waals surface area (Å²) < 4.78 is 26.0. The van der Waals surface area contributed by atoms with Crippen LogP contribution in [-0.4, -0.2) is 77.3 Å². The Morgan fingerprint density at radius 1 is 0.824 bits per heavy atom. The number of hydrogen-bond donors (Lipinski definition) is 0. The first kappa shape index (κ1) is 20.9. The maximum atomic E-state index is 13.3. The molecule has 0 N–H and O–H groups in total. The standard InChI is InChI=1S/C24H24FN7O2/c25-18-3-1-17(2-4-18)20-5-6-32(29-20)24-27-21-15-19(30-7-11-33-12-8-30)16-26-22(21)23(28-24)31-9-13-34-14-10-31/h1-6,15-16H,7-14H2. The third-order valence-electron chi connectivity index (χ3n) is 6.11. The highest BCUT2D eigenvalue weighted by molar-refractivity contribution is 5.88. The summed E-state index contributed by atoms with van der Waals surface area (Å²) >= 11 is 0. The summed E-state index contributed by atoms with van der Waals surface area (Å²) in [7, 11) is 0. The van der Waals surface area contributed by atoms with Gasteiger partial charge in [0.2, 0.25) is 0 Å². The van der Waals surface area contributed by atoms with E-state index in [1.165, 1.54) is 12.1 Å². The normalized spacial score (nSPS) is 16.9. The Hall–Kier alpha value is -3.63. The zero-order valence-corrected chi connectivity index (χ0v) is 18.6. The highest BCUT2D eigenvalue weighted by Gasteiger charge is 2.21. The van der Waals surface area contributed by atoms with E-state index < -0.39 is 0 Å². The number of anilines is 2. The monoisotopic (exact) mass is 461 g/mol. The Morgan fingerprint density at radius 3 is 2.26 bits per heavy atom. The largest absolute Gasteiger partial charge is 0.378 e. The predicted octanol–water partition coefficient (Wildman–Crippen LogP) is 2.69. The average molecular weight is 462 g/mol. The number of aromatic nitrogens is 5. The molecule has 3 aromatic heterocycles. The maximum absolute atomic E-state index is 13.3. The van der Waals surface area contributed by atoms with E-state index in [4.69, 9.17) is 24.4 Å². The van der Waals surface area contributed by atoms with E-state index >= 15 is 0 Å². The molecular weight excluding hydrogens is 437 g/mol. The van der Waals surface area contributed by atoms with Gasteiger partial charge in [0.25, 0.3) is 5.95 Å². The highest BCUT2D eigenvalue weighted by Crippen LogP contribution is 2.28. The average Bonchev–Trinajstić information content (AvgIpc) is 3.39. The van der Waals surface area contributed by atoms with Gasteiger partial charge < -0.3 is 19.3 Å². The van der Waals surface area contributed by atoms with E-state index in [1.54, 1.807) is 16.8 Å². The molecule has 9 nitrogen and oxygen atoms in total. The second kappa shape index (κ2) is 8.96. The van der Waals surface area contributed by atoms with Gasteiger partial charge in [-0.2, -0.15) is 10.1 Å². The van der Waals surface area contributed by atoms with E-state index in [2.05, 4.69) is 21.0 Å². The van der Waals surface area contributed by atoms with E-state index in [1.807, 2.05) is 18.5 Å². The third-order valence-corrected chi connectivity index (χ3v) is 6.11. The van der Waals surface area contributed by atoms with Crippen LogP contribution in [0.3, 0.4) is 0 Å². The molecule has 0 radical (unpaired) electrons. The third kappa shape index (κ3) is 4.06. The van der Waals surface area contributed by atoms with Gasteiger partial charge in [-0.1, -0.05) is 0 Å². The minimum absolute atomic E-state index is 0.278. The molecule has 0 spiro atoms. The molecule has 10 heteroatoms. The van der Waals surface area contributed by atoms with Crippen LogP contribution in [0.1, 0.15) is 0 Å². The molecule has 1 aromatic carbocycles. The van der Waals surface area contributed by atoms with E-state index in [0.29, 0.717) is 32.4 Å². The quantitative estimate of drug-likeness (QED) is 0.459. The summed E-state index contributed by atoms with van der Waals surface area (Å²) in [4.78, 5) is 18.9. The molecule has 2 fully saturated rings. The van der Waals surface area contributed by atoms with Crippen molar-refractivity contribution in [2.45, 2.75) is 0 Å². The molecule has 2 aliphatic rings. The number of rotatable bonds is 4. The van der Waals surface area contributed by atoms with Crippen molar-refractivity contribution in [1.82, 2.24) is 24.7 Å². The van der Waals surface area contributed by atoms with Crippen LogP contribution in [0.15, 0.2) is 48.8 Å². The van der Waals surface area contributed by atoms with Gasteiger partial charge in [-0.3, -0.25) is 0 Å². The molecule has 0 amide bonds. The van der Waals surface area contributed by atoms with E-state index in [9.17, 15) is 4.39 Å². The molecular formula is C24H24FN7O2. The summed E-state index contributed by atoms with van der Waals surface area (Å²) in [5.74, 6) is 0.957. The maximum Gasteiger partial charge on any atom is 0.253 e. The summed E-state index contributed by atoms with van der Waals surface area (Å²) in [6.45, 7) is 5.80. The Bertz CT molecular complexity index is 1300. The number of hydrogen-bond acceptors (Lipinski definition) is 8. The van der Waals surface area contributed by atoms with Crippen molar-refractivity contribution in [3.05, 3.63) is 54.6 Å². The summed E-state index contributed by atoms with van der Waals surface area (Å²) in [6.07, 6.45) is 3.71. The summed E-state index contributed by atoms with van der Waals surface area (Å²) in [5, 5.41) is 4.66. The molecule has 34 heavy (non-hydrogen) atoms. The lowest BCUT2D eigenvalue weighted by atomic mass is 10.1. The number of morpholine rings is 2. The first-order chi connectivity index (χ1) is 16.7. The lowest BCUT2D eigenvalue weighted by Crippen LogP contribution is -2.37. The van der Waals surface area contributed by atoms with Crippen molar-refractivity contribution < 1.29 is 13.9 Å². The Labute approximate surface area is 195 Å². The van der Waals surface area contributed by atoms with Gasteiger partial charge in [0, 0.05) is 37.9 Å². The fraction of sp³-hybridized carbons (Fsp3) is 0.333. The van der Waals surface area contributed by atoms with Crippen LogP contribution < -0.4 is 9.80 Å². The fourth-order valence-corrected chi connectivity index (χ4v) is 4.28. The number of ether oxygens (including phenoxy) is 2. The lowest BCUT2D eigenvalue weighted by Gasteiger charge is -2.30. The SMILES string of the molecule is Fc1ccc(-c2ccn(-c3nc(N4CCOCC4)c4ncc(N5CCOCC5)cc4n3)n2)cc1. The van der Waals surface area contributed by atoms with Gasteiger partial charge in [0.15, 0.2) is 5.82 Å². The van der Waals surface area contributed by atoms with Gasteiger partial charge in [0.05, 0.1) is 49.5 Å². The molecule has 0 aliphatic carbocycles. The van der Waals surface area contributed by atoms with E-state index in [-0.39, 0.29) is 5.82 Å². The van der Waals surface area contributed by atoms with Crippen molar-refractivity contribution in [2.75, 3.05) is 62.4 Å². The topological polar surface area (TPSA) is 81.4 Å². The van der Waals surface area contributed by atoms with Gasteiger partial charge in [0.1, 0.15) is 11.3 Å². The van der Waals surface area contributed by atoms with E-state index in [0.717, 1.165) is 60.0 Å². The van der Waals surface area contributed by atoms with Crippen LogP contribution in [0, 0.1) is 5.82 Å². The van der Waals surface area contributed by atoms with Crippen LogP contribution in [0.5, 0.6) is 0 Å². The smallest absolute Gasteiger partial charge is 0.253 e. The molecule has 2 aliphatic heterocycles. The molecule has 0 saturated carbocycles. The molecule has 6 rings (SSSR count). The Morgan fingerprint density at radius 2 is 1.53 bits per heavy atom. The van der Waals surface area contributed by atoms with Gasteiger partial charge >= 0.3 is 0 Å². The molecule has 0 unspecified atom stereocenters. The van der Waals surface area contributed by atoms with Crippen LogP contribution in [0.2, 0.25) is 0 Å². The minimum Gasteiger partial charge on any atom is -0.378 e. The van der Waals surface area contributed by atoms with Gasteiger partial charge in [-0.05, 0) is 36.4 Å². The summed E-state index contributed by atoms with van der Waals surface area (Å²) in [6, 6.07) is 10.2. The van der Waals surface area contributed by atoms with Crippen molar-refractivity contribution in [2.24, 2.45) is 0 Å². The number of pyridine rings is 1. The molecule has 5 heterocycles. The zero-order chi connectivity index (χ0) is 22.9. The number of halogens is 1. The van der Waals surface area contributed by atoms with Gasteiger partial charge in [-0.15, -0.1) is 0 Å². The summed E-state index contributed by atoms with van der Waals surface area (Å²) in [5.41, 5.74) is 4.08. The van der Waals surface area contributed by atoms with Crippen molar-refractivity contribution >= 4 is 22.5 Å². The van der Waals surface area contributed by atoms with Crippen LogP contribution in [0.25, 0.3) is 28.2 Å². The minimum atomic E-state index is -0.278. The number of fused-ring (bicyclic) bond motifs is 1. The van der Waals surface area contributed by atoms with Crippen molar-refractivity contribution in [3.8, 4) is 17.2 Å². The van der Waals surface area contributed by atoms with Crippen LogP contribution >= 0.6 is 0 Å². The zero-order valence-electron chi connectivity index (χ0n) is 18.6. The molecule has 0 atom stereocenters. The Balaban J connectivity index is 1.43. The molecule has 0 bridgehead atoms. The Kier molecular flexibility index (Phi) is 5.52. The van der Waals surface area contributed by atoms with Gasteiger partial charge in [-0.25, -0.2) is 19.0 Å². The molecule has 2 saturated heterocycles. The molecule has 4 aromatic rings. The second-order valence-electron chi connectivity index (χ2n) is 8.26.